The Morgan fingerprint density at radius 2 is 1.81 bits per heavy atom. The minimum Gasteiger partial charge on any atom is -0.485 e. The number of fused-ring (bicyclic) bond motifs is 1. The summed E-state index contributed by atoms with van der Waals surface area (Å²) in [7, 11) is 0. The van der Waals surface area contributed by atoms with Gasteiger partial charge in [0.25, 0.3) is 0 Å². The van der Waals surface area contributed by atoms with E-state index in [0.717, 1.165) is 55.9 Å². The Kier molecular flexibility index (Phi) is 6.40. The molecule has 2 aliphatic rings. The van der Waals surface area contributed by atoms with Crippen molar-refractivity contribution in [2.24, 2.45) is 0 Å². The first-order chi connectivity index (χ1) is 14.9. The fourth-order valence-electron chi connectivity index (χ4n) is 4.96. The van der Waals surface area contributed by atoms with Crippen molar-refractivity contribution in [3.63, 3.8) is 0 Å². The molecule has 166 valence electrons. The van der Waals surface area contributed by atoms with E-state index in [4.69, 9.17) is 15.2 Å². The monoisotopic (exact) mass is 420 g/mol. The largest absolute Gasteiger partial charge is 0.485 e. The molecule has 2 N–H and O–H groups in total. The van der Waals surface area contributed by atoms with Gasteiger partial charge in [-0.1, -0.05) is 42.5 Å². The number of ether oxygens (including phenoxy) is 2. The number of benzene rings is 2. The number of hydrogen-bond donors (Lipinski definition) is 1. The maximum atomic E-state index is 6.56. The summed E-state index contributed by atoms with van der Waals surface area (Å²) in [6.07, 6.45) is 7.67. The van der Waals surface area contributed by atoms with Crippen molar-refractivity contribution in [1.82, 2.24) is 4.90 Å². The van der Waals surface area contributed by atoms with E-state index in [1.807, 2.05) is 6.07 Å². The number of nitrogen functional groups attached to an aromatic ring is 1. The second-order valence-electron chi connectivity index (χ2n) is 9.45. The highest BCUT2D eigenvalue weighted by Gasteiger charge is 2.39. The fraction of sp³-hybridized carbons (Fsp3) is 0.481. The lowest BCUT2D eigenvalue weighted by molar-refractivity contribution is -0.00172. The minimum absolute atomic E-state index is 0.190. The number of piperidine rings is 1. The summed E-state index contributed by atoms with van der Waals surface area (Å²) in [6, 6.07) is 10.4. The molecule has 2 aromatic rings. The standard InChI is InChI=1S/C27H36N2O2/c1-19-20(2)26-24(21(3)25(19)28)17-27(4,31-26)18-29-14-12-23(13-15-29)30-16-8-11-22-9-6-5-7-10-22/h5-11,23H,12-18,28H2,1-4H3/b11-8+. The molecular formula is C27H36N2O2. The molecule has 31 heavy (non-hydrogen) atoms. The molecule has 0 aliphatic carbocycles. The number of likely N-dealkylation sites (tertiary alicyclic amines) is 1. The molecule has 4 nitrogen and oxygen atoms in total. The lowest BCUT2D eigenvalue weighted by Gasteiger charge is -2.36. The lowest BCUT2D eigenvalue weighted by atomic mass is 9.91. The van der Waals surface area contributed by atoms with Gasteiger partial charge in [0.15, 0.2) is 0 Å². The van der Waals surface area contributed by atoms with Gasteiger partial charge in [-0.2, -0.15) is 0 Å². The molecule has 1 fully saturated rings. The van der Waals surface area contributed by atoms with E-state index in [2.05, 4.69) is 69.0 Å². The van der Waals surface area contributed by atoms with Crippen molar-refractivity contribution >= 4 is 11.8 Å². The predicted molar refractivity (Wildman–Crippen MR) is 129 cm³/mol. The van der Waals surface area contributed by atoms with Crippen LogP contribution in [-0.4, -0.2) is 42.8 Å². The van der Waals surface area contributed by atoms with Crippen LogP contribution >= 0.6 is 0 Å². The van der Waals surface area contributed by atoms with Gasteiger partial charge in [0.05, 0.1) is 12.7 Å². The Morgan fingerprint density at radius 3 is 2.52 bits per heavy atom. The Bertz CT molecular complexity index is 907. The molecule has 0 saturated carbocycles. The molecule has 0 amide bonds. The van der Waals surface area contributed by atoms with E-state index in [1.165, 1.54) is 22.3 Å². The van der Waals surface area contributed by atoms with Gasteiger partial charge in [0, 0.05) is 37.3 Å². The van der Waals surface area contributed by atoms with Crippen LogP contribution in [0.15, 0.2) is 36.4 Å². The molecule has 0 radical (unpaired) electrons. The van der Waals surface area contributed by atoms with Crippen LogP contribution in [0.3, 0.4) is 0 Å². The van der Waals surface area contributed by atoms with Crippen molar-refractivity contribution in [2.75, 3.05) is 32.0 Å². The molecule has 1 atom stereocenters. The van der Waals surface area contributed by atoms with Gasteiger partial charge in [0.1, 0.15) is 11.4 Å². The quantitative estimate of drug-likeness (QED) is 0.662. The third-order valence-corrected chi connectivity index (χ3v) is 6.97. The third-order valence-electron chi connectivity index (χ3n) is 6.97. The summed E-state index contributed by atoms with van der Waals surface area (Å²) < 4.78 is 12.7. The average Bonchev–Trinajstić information content (AvgIpc) is 3.13. The van der Waals surface area contributed by atoms with Crippen LogP contribution in [0.4, 0.5) is 5.69 Å². The fourth-order valence-corrected chi connectivity index (χ4v) is 4.96. The van der Waals surface area contributed by atoms with E-state index in [1.54, 1.807) is 0 Å². The average molecular weight is 421 g/mol. The zero-order chi connectivity index (χ0) is 22.0. The van der Waals surface area contributed by atoms with Crippen LogP contribution in [0.25, 0.3) is 6.08 Å². The van der Waals surface area contributed by atoms with E-state index in [9.17, 15) is 0 Å². The number of nitrogens with zero attached hydrogens (tertiary/aromatic N) is 1. The zero-order valence-corrected chi connectivity index (χ0v) is 19.4. The highest BCUT2D eigenvalue weighted by atomic mass is 16.5. The van der Waals surface area contributed by atoms with Crippen molar-refractivity contribution in [1.29, 1.82) is 0 Å². The molecule has 4 heteroatoms. The third kappa shape index (κ3) is 4.81. The maximum absolute atomic E-state index is 6.56. The number of anilines is 1. The molecular weight excluding hydrogens is 384 g/mol. The molecule has 1 saturated heterocycles. The molecule has 0 aromatic heterocycles. The first-order valence-electron chi connectivity index (χ1n) is 11.5. The molecule has 2 aliphatic heterocycles. The second-order valence-corrected chi connectivity index (χ2v) is 9.45. The molecule has 0 spiro atoms. The van der Waals surface area contributed by atoms with Gasteiger partial charge < -0.3 is 15.2 Å². The Hall–Kier alpha value is -2.30. The SMILES string of the molecule is Cc1c(C)c2c(c(C)c1N)CC(C)(CN1CCC(OC/C=C/c3ccccc3)CC1)O2. The van der Waals surface area contributed by atoms with E-state index in [0.29, 0.717) is 12.7 Å². The predicted octanol–water partition coefficient (Wildman–Crippen LogP) is 5.08. The lowest BCUT2D eigenvalue weighted by Crippen LogP contribution is -2.48. The Balaban J connectivity index is 1.27. The first-order valence-corrected chi connectivity index (χ1v) is 11.5. The van der Waals surface area contributed by atoms with Gasteiger partial charge in [0.2, 0.25) is 0 Å². The van der Waals surface area contributed by atoms with E-state index in [-0.39, 0.29) is 5.60 Å². The highest BCUT2D eigenvalue weighted by molar-refractivity contribution is 5.66. The smallest absolute Gasteiger partial charge is 0.127 e. The van der Waals surface area contributed by atoms with E-state index >= 15 is 0 Å². The van der Waals surface area contributed by atoms with Crippen LogP contribution in [-0.2, 0) is 11.2 Å². The van der Waals surface area contributed by atoms with Crippen molar-refractivity contribution in [3.8, 4) is 5.75 Å². The summed E-state index contributed by atoms with van der Waals surface area (Å²) in [5.74, 6) is 1.06. The van der Waals surface area contributed by atoms with Crippen LogP contribution in [0.5, 0.6) is 5.75 Å². The topological polar surface area (TPSA) is 47.7 Å². The van der Waals surface area contributed by atoms with Gasteiger partial charge >= 0.3 is 0 Å². The van der Waals surface area contributed by atoms with Gasteiger partial charge in [-0.3, -0.25) is 4.90 Å². The first kappa shape index (κ1) is 21.9. The molecule has 4 rings (SSSR count). The minimum atomic E-state index is -0.190. The summed E-state index contributed by atoms with van der Waals surface area (Å²) in [6.45, 7) is 12.3. The second kappa shape index (κ2) is 9.05. The summed E-state index contributed by atoms with van der Waals surface area (Å²) in [5.41, 5.74) is 13.1. The van der Waals surface area contributed by atoms with Crippen LogP contribution < -0.4 is 10.5 Å². The summed E-state index contributed by atoms with van der Waals surface area (Å²) >= 11 is 0. The Morgan fingerprint density at radius 1 is 1.10 bits per heavy atom. The van der Waals surface area contributed by atoms with Crippen molar-refractivity contribution in [2.45, 2.75) is 58.7 Å². The maximum Gasteiger partial charge on any atom is 0.127 e. The highest BCUT2D eigenvalue weighted by Crippen LogP contribution is 2.44. The van der Waals surface area contributed by atoms with Crippen molar-refractivity contribution in [3.05, 3.63) is 64.2 Å². The summed E-state index contributed by atoms with van der Waals surface area (Å²) in [4.78, 5) is 2.53. The van der Waals surface area contributed by atoms with Crippen LogP contribution in [0.2, 0.25) is 0 Å². The van der Waals surface area contributed by atoms with Crippen LogP contribution in [0, 0.1) is 20.8 Å². The van der Waals surface area contributed by atoms with E-state index < -0.39 is 0 Å². The number of nitrogens with two attached hydrogens (primary N) is 1. The molecule has 1 unspecified atom stereocenters. The van der Waals surface area contributed by atoms with Crippen molar-refractivity contribution < 1.29 is 9.47 Å². The summed E-state index contributed by atoms with van der Waals surface area (Å²) in [5, 5.41) is 0. The molecule has 0 bridgehead atoms. The Labute approximate surface area is 187 Å². The number of hydrogen-bond acceptors (Lipinski definition) is 4. The van der Waals surface area contributed by atoms with Gasteiger partial charge in [-0.05, 0) is 62.8 Å². The van der Waals surface area contributed by atoms with Gasteiger partial charge in [-0.25, -0.2) is 0 Å². The van der Waals surface area contributed by atoms with Gasteiger partial charge in [-0.15, -0.1) is 0 Å². The van der Waals surface area contributed by atoms with Crippen LogP contribution in [0.1, 0.15) is 47.6 Å². The normalized spacial score (nSPS) is 22.1. The zero-order valence-electron chi connectivity index (χ0n) is 19.4. The number of rotatable bonds is 6. The molecule has 2 heterocycles. The molecule has 2 aromatic carbocycles.